The molecule has 0 aromatic heterocycles. The van der Waals surface area contributed by atoms with Crippen molar-refractivity contribution in [3.05, 3.63) is 35.9 Å². The van der Waals surface area contributed by atoms with Crippen LogP contribution >= 0.6 is 0 Å². The average Bonchev–Trinajstić information content (AvgIpc) is 2.58. The van der Waals surface area contributed by atoms with Crippen molar-refractivity contribution >= 4 is 4.40 Å². The van der Waals surface area contributed by atoms with Gasteiger partial charge in [0.15, 0.2) is 0 Å². The molecule has 0 aliphatic heterocycles. The molecule has 0 saturated heterocycles. The molecule has 0 atom stereocenters. The van der Waals surface area contributed by atoms with Gasteiger partial charge in [-0.2, -0.15) is 0 Å². The van der Waals surface area contributed by atoms with Gasteiger partial charge >= 0.3 is 186 Å². The molecular formula is C18H18F12MoO2. The molecule has 33 heavy (non-hydrogen) atoms. The molecule has 0 heterocycles. The zero-order chi connectivity index (χ0) is 26.3. The van der Waals surface area contributed by atoms with E-state index in [1.165, 1.54) is 44.2 Å². The van der Waals surface area contributed by atoms with Crippen molar-refractivity contribution in [2.75, 3.05) is 0 Å². The molecule has 0 aliphatic carbocycles. The van der Waals surface area contributed by atoms with E-state index in [1.807, 2.05) is 0 Å². The molecule has 1 aromatic carbocycles. The van der Waals surface area contributed by atoms with E-state index in [2.05, 4.69) is 6.78 Å². The van der Waals surface area contributed by atoms with E-state index in [9.17, 15) is 52.7 Å². The second-order valence-electron chi connectivity index (χ2n) is 7.69. The van der Waals surface area contributed by atoms with E-state index in [4.69, 9.17) is 0 Å². The van der Waals surface area contributed by atoms with Crippen molar-refractivity contribution in [2.45, 2.75) is 69.0 Å². The van der Waals surface area contributed by atoms with E-state index in [1.54, 1.807) is 0 Å². The fourth-order valence-electron chi connectivity index (χ4n) is 2.08. The average molecular weight is 590 g/mol. The molecule has 0 N–H and O–H groups in total. The van der Waals surface area contributed by atoms with Gasteiger partial charge in [-0.15, -0.1) is 0 Å². The Morgan fingerprint density at radius 1 is 0.576 bits per heavy atom. The standard InChI is InChI=1S/C10H12.2C4H3F6O.Mo/c1-10(2,3)9-7-5-4-6-8-9;2*1-2(11,3(5,6)7)4(8,9)10;/h1,4-8H,2-3H3;2*1H3;/q;2*-1;+2. The summed E-state index contributed by atoms with van der Waals surface area (Å²) in [6.07, 6.45) is -24.9. The molecule has 15 heteroatoms. The Kier molecular flexibility index (Phi) is 8.28. The van der Waals surface area contributed by atoms with Gasteiger partial charge < -0.3 is 0 Å². The number of hydrogen-bond donors (Lipinski definition) is 0. The van der Waals surface area contributed by atoms with Crippen molar-refractivity contribution in [3.63, 3.8) is 0 Å². The van der Waals surface area contributed by atoms with Gasteiger partial charge in [0, 0.05) is 0 Å². The Labute approximate surface area is 186 Å². The van der Waals surface area contributed by atoms with E-state index in [0.29, 0.717) is 4.40 Å². The van der Waals surface area contributed by atoms with E-state index >= 15 is 0 Å². The van der Waals surface area contributed by atoms with Crippen LogP contribution < -0.4 is 0 Å². The molecule has 0 spiro atoms. The van der Waals surface area contributed by atoms with Crippen LogP contribution in [0.5, 0.6) is 0 Å². The van der Waals surface area contributed by atoms with Crippen molar-refractivity contribution in [3.8, 4) is 0 Å². The number of hydrogen-bond acceptors (Lipinski definition) is 2. The summed E-state index contributed by atoms with van der Waals surface area (Å²) in [5, 5.41) is 0. The predicted molar refractivity (Wildman–Crippen MR) is 88.7 cm³/mol. The summed E-state index contributed by atoms with van der Waals surface area (Å²) >= 11 is -5.59. The molecule has 1 aromatic rings. The van der Waals surface area contributed by atoms with Crippen molar-refractivity contribution < 1.29 is 77.1 Å². The number of alkyl halides is 12. The SMILES string of the molecule is CC(C)([CH]=[Mo]([O]C(C)(C(F)(F)F)C(F)(F)F)[O]C(C)(C(F)(F)F)C(F)(F)F)c1ccccc1. The summed E-state index contributed by atoms with van der Waals surface area (Å²) < 4.78 is 168. The first kappa shape index (κ1) is 29.9. The Morgan fingerprint density at radius 3 is 1.15 bits per heavy atom. The minimum absolute atomic E-state index is 0.171. The summed E-state index contributed by atoms with van der Waals surface area (Å²) in [4.78, 5) is 0. The third kappa shape index (κ3) is 6.30. The maximum atomic E-state index is 13.3. The summed E-state index contributed by atoms with van der Waals surface area (Å²) in [6, 6.07) is 6.94. The van der Waals surface area contributed by atoms with E-state index in [0.717, 1.165) is 0 Å². The van der Waals surface area contributed by atoms with Gasteiger partial charge in [0.25, 0.3) is 0 Å². The first-order chi connectivity index (χ1) is 14.4. The Morgan fingerprint density at radius 2 is 0.879 bits per heavy atom. The predicted octanol–water partition coefficient (Wildman–Crippen LogP) is 7.01. The third-order valence-corrected chi connectivity index (χ3v) is 8.94. The van der Waals surface area contributed by atoms with Crippen LogP contribution in [0.2, 0.25) is 0 Å². The molecule has 2 nitrogen and oxygen atoms in total. The van der Waals surface area contributed by atoms with Gasteiger partial charge in [-0.3, -0.25) is 0 Å². The Balaban J connectivity index is 3.79. The van der Waals surface area contributed by atoms with Crippen molar-refractivity contribution in [1.29, 1.82) is 0 Å². The van der Waals surface area contributed by atoms with Crippen LogP contribution in [0.3, 0.4) is 0 Å². The van der Waals surface area contributed by atoms with E-state index < -0.39 is 72.8 Å². The van der Waals surface area contributed by atoms with Gasteiger partial charge in [0.1, 0.15) is 0 Å². The zero-order valence-corrected chi connectivity index (χ0v) is 19.2. The van der Waals surface area contributed by atoms with Crippen molar-refractivity contribution in [1.82, 2.24) is 0 Å². The molecule has 0 bridgehead atoms. The van der Waals surface area contributed by atoms with Crippen LogP contribution in [0, 0.1) is 0 Å². The fourth-order valence-corrected chi connectivity index (χ4v) is 6.46. The number of benzene rings is 1. The second-order valence-corrected chi connectivity index (χ2v) is 10.4. The monoisotopic (exact) mass is 592 g/mol. The van der Waals surface area contributed by atoms with Crippen LogP contribution in [-0.2, 0) is 29.8 Å². The molecule has 0 saturated carbocycles. The van der Waals surface area contributed by atoms with Gasteiger partial charge in [0.2, 0.25) is 0 Å². The quantitative estimate of drug-likeness (QED) is 0.262. The Bertz CT molecular complexity index is 765. The zero-order valence-electron chi connectivity index (χ0n) is 17.2. The summed E-state index contributed by atoms with van der Waals surface area (Å²) in [6.45, 7) is 1.29. The molecule has 0 aliphatic rings. The van der Waals surface area contributed by atoms with Crippen LogP contribution in [0.25, 0.3) is 0 Å². The molecular weight excluding hydrogens is 572 g/mol. The second kappa shape index (κ2) is 9.14. The maximum absolute atomic E-state index is 13.3. The van der Waals surface area contributed by atoms with Gasteiger partial charge in [-0.05, 0) is 0 Å². The molecule has 192 valence electrons. The molecule has 0 radical (unpaired) electrons. The van der Waals surface area contributed by atoms with Crippen LogP contribution in [-0.4, -0.2) is 40.3 Å². The molecule has 1 rings (SSSR count). The topological polar surface area (TPSA) is 18.5 Å². The van der Waals surface area contributed by atoms with E-state index in [-0.39, 0.29) is 5.56 Å². The normalized spacial score (nSPS) is 15.2. The third-order valence-electron chi connectivity index (χ3n) is 4.57. The van der Waals surface area contributed by atoms with Crippen molar-refractivity contribution in [2.24, 2.45) is 0 Å². The van der Waals surface area contributed by atoms with Crippen LogP contribution in [0.15, 0.2) is 30.3 Å². The summed E-state index contributed by atoms with van der Waals surface area (Å²) in [7, 11) is 0. The number of halogens is 12. The van der Waals surface area contributed by atoms with Gasteiger partial charge in [-0.1, -0.05) is 0 Å². The van der Waals surface area contributed by atoms with Crippen LogP contribution in [0.4, 0.5) is 52.7 Å². The van der Waals surface area contributed by atoms with Gasteiger partial charge in [-0.25, -0.2) is 0 Å². The molecule has 0 fully saturated rings. The number of rotatable bonds is 6. The first-order valence-corrected chi connectivity index (χ1v) is 11.5. The van der Waals surface area contributed by atoms with Crippen LogP contribution in [0.1, 0.15) is 33.3 Å². The molecule has 0 amide bonds. The molecule has 0 unspecified atom stereocenters. The Hall–Kier alpha value is -1.14. The minimum atomic E-state index is -6.23. The summed E-state index contributed by atoms with van der Waals surface area (Å²) in [5.41, 5.74) is -11.6. The summed E-state index contributed by atoms with van der Waals surface area (Å²) in [5.74, 6) is 0. The first-order valence-electron chi connectivity index (χ1n) is 8.69. The fraction of sp³-hybridized carbons (Fsp3) is 0.611. The van der Waals surface area contributed by atoms with Gasteiger partial charge in [0.05, 0.1) is 0 Å².